The van der Waals surface area contributed by atoms with Gasteiger partial charge in [-0.2, -0.15) is 0 Å². The molecule has 82 valence electrons. The van der Waals surface area contributed by atoms with Crippen molar-refractivity contribution in [3.8, 4) is 5.75 Å². The molecular weight excluding hydrogens is 256 g/mol. The van der Waals surface area contributed by atoms with Crippen molar-refractivity contribution in [2.75, 3.05) is 30.4 Å². The molecule has 1 unspecified atom stereocenters. The minimum atomic E-state index is 0.758. The first kappa shape index (κ1) is 10.7. The van der Waals surface area contributed by atoms with Crippen LogP contribution in [0.1, 0.15) is 6.42 Å². The van der Waals surface area contributed by atoms with Crippen molar-refractivity contribution < 1.29 is 4.74 Å². The maximum Gasteiger partial charge on any atom is 0.137 e. The second-order valence-corrected chi connectivity index (χ2v) is 4.46. The van der Waals surface area contributed by atoms with E-state index in [0.29, 0.717) is 0 Å². The maximum absolute atomic E-state index is 5.09. The van der Waals surface area contributed by atoms with E-state index in [1.807, 2.05) is 12.1 Å². The highest BCUT2D eigenvalue weighted by Crippen LogP contribution is 2.24. The summed E-state index contributed by atoms with van der Waals surface area (Å²) in [5, 5.41) is 1.08. The molecule has 2 rings (SSSR count). The highest BCUT2D eigenvalue weighted by molar-refractivity contribution is 9.09. The van der Waals surface area contributed by atoms with E-state index in [1.54, 1.807) is 13.3 Å². The average molecular weight is 271 g/mol. The molecule has 0 radical (unpaired) electrons. The topological polar surface area (TPSA) is 25.4 Å². The van der Waals surface area contributed by atoms with Gasteiger partial charge < -0.3 is 9.64 Å². The van der Waals surface area contributed by atoms with E-state index < -0.39 is 0 Å². The van der Waals surface area contributed by atoms with E-state index in [0.717, 1.165) is 35.9 Å². The number of hydrogen-bond acceptors (Lipinski definition) is 3. The molecular formula is C11H15BrN2O. The fraction of sp³-hybridized carbons (Fsp3) is 0.545. The Morgan fingerprint density at radius 3 is 3.00 bits per heavy atom. The number of halogens is 1. The first-order chi connectivity index (χ1) is 7.33. The summed E-state index contributed by atoms with van der Waals surface area (Å²) in [5.41, 5.74) is 0. The average Bonchev–Trinajstić information content (AvgIpc) is 2.78. The molecule has 0 spiro atoms. The molecule has 1 atom stereocenters. The van der Waals surface area contributed by atoms with Gasteiger partial charge in [-0.05, 0) is 24.5 Å². The first-order valence-electron chi connectivity index (χ1n) is 5.14. The van der Waals surface area contributed by atoms with E-state index >= 15 is 0 Å². The van der Waals surface area contributed by atoms with Gasteiger partial charge in [0.2, 0.25) is 0 Å². The van der Waals surface area contributed by atoms with Crippen molar-refractivity contribution in [2.24, 2.45) is 5.92 Å². The molecule has 1 aliphatic heterocycles. The lowest BCUT2D eigenvalue weighted by Crippen LogP contribution is -2.20. The monoisotopic (exact) mass is 270 g/mol. The van der Waals surface area contributed by atoms with Crippen LogP contribution in [0.4, 0.5) is 5.82 Å². The summed E-state index contributed by atoms with van der Waals surface area (Å²) in [6, 6.07) is 3.99. The minimum absolute atomic E-state index is 0.758. The number of methoxy groups -OCH3 is 1. The minimum Gasteiger partial charge on any atom is -0.495 e. The summed E-state index contributed by atoms with van der Waals surface area (Å²) < 4.78 is 5.09. The zero-order valence-corrected chi connectivity index (χ0v) is 10.4. The van der Waals surface area contributed by atoms with Gasteiger partial charge in [0.05, 0.1) is 13.3 Å². The Bertz CT molecular complexity index is 315. The predicted molar refractivity (Wildman–Crippen MR) is 64.9 cm³/mol. The maximum atomic E-state index is 5.09. The van der Waals surface area contributed by atoms with Gasteiger partial charge in [-0.25, -0.2) is 4.98 Å². The van der Waals surface area contributed by atoms with Crippen LogP contribution in [-0.4, -0.2) is 30.5 Å². The molecule has 1 aromatic rings. The Balaban J connectivity index is 2.04. The number of nitrogens with zero attached hydrogens (tertiary/aromatic N) is 2. The van der Waals surface area contributed by atoms with Gasteiger partial charge in [-0.1, -0.05) is 15.9 Å². The lowest BCUT2D eigenvalue weighted by Gasteiger charge is -2.17. The Morgan fingerprint density at radius 2 is 2.47 bits per heavy atom. The molecule has 0 amide bonds. The molecule has 1 fully saturated rings. The van der Waals surface area contributed by atoms with Crippen LogP contribution in [0.25, 0.3) is 0 Å². The number of ether oxygens (including phenoxy) is 1. The highest BCUT2D eigenvalue weighted by atomic mass is 79.9. The molecule has 0 N–H and O–H groups in total. The summed E-state index contributed by atoms with van der Waals surface area (Å²) >= 11 is 3.53. The number of aromatic nitrogens is 1. The SMILES string of the molecule is COc1ccc(N2CCC(CBr)C2)nc1. The van der Waals surface area contributed by atoms with Crippen LogP contribution in [0.15, 0.2) is 18.3 Å². The predicted octanol–water partition coefficient (Wildman–Crippen LogP) is 2.31. The fourth-order valence-corrected chi connectivity index (χ4v) is 2.38. The number of rotatable bonds is 3. The van der Waals surface area contributed by atoms with Gasteiger partial charge in [-0.15, -0.1) is 0 Å². The van der Waals surface area contributed by atoms with Crippen LogP contribution in [-0.2, 0) is 0 Å². The Kier molecular flexibility index (Phi) is 3.46. The summed E-state index contributed by atoms with van der Waals surface area (Å²) in [5.74, 6) is 2.63. The molecule has 4 heteroatoms. The molecule has 1 aromatic heterocycles. The van der Waals surface area contributed by atoms with Crippen LogP contribution in [0, 0.1) is 5.92 Å². The molecule has 15 heavy (non-hydrogen) atoms. The quantitative estimate of drug-likeness (QED) is 0.789. The summed E-state index contributed by atoms with van der Waals surface area (Å²) in [7, 11) is 1.66. The van der Waals surface area contributed by atoms with Crippen molar-refractivity contribution in [1.82, 2.24) is 4.98 Å². The Labute approximate surface area is 98.6 Å². The molecule has 2 heterocycles. The molecule has 0 bridgehead atoms. The smallest absolute Gasteiger partial charge is 0.137 e. The molecule has 1 aliphatic rings. The molecule has 0 aliphatic carbocycles. The lowest BCUT2D eigenvalue weighted by molar-refractivity contribution is 0.413. The highest BCUT2D eigenvalue weighted by Gasteiger charge is 2.22. The number of alkyl halides is 1. The largest absolute Gasteiger partial charge is 0.495 e. The van der Waals surface area contributed by atoms with Crippen molar-refractivity contribution in [1.29, 1.82) is 0 Å². The van der Waals surface area contributed by atoms with Gasteiger partial charge in [-0.3, -0.25) is 0 Å². The lowest BCUT2D eigenvalue weighted by atomic mass is 10.2. The molecule has 3 nitrogen and oxygen atoms in total. The van der Waals surface area contributed by atoms with Gasteiger partial charge in [0.15, 0.2) is 0 Å². The van der Waals surface area contributed by atoms with E-state index in [2.05, 4.69) is 25.8 Å². The van der Waals surface area contributed by atoms with Crippen LogP contribution < -0.4 is 9.64 Å². The van der Waals surface area contributed by atoms with Gasteiger partial charge >= 0.3 is 0 Å². The number of hydrogen-bond donors (Lipinski definition) is 0. The summed E-state index contributed by atoms with van der Waals surface area (Å²) in [6.45, 7) is 2.21. The van der Waals surface area contributed by atoms with E-state index in [9.17, 15) is 0 Å². The van der Waals surface area contributed by atoms with Crippen molar-refractivity contribution in [3.05, 3.63) is 18.3 Å². The molecule has 1 saturated heterocycles. The van der Waals surface area contributed by atoms with Gasteiger partial charge in [0.1, 0.15) is 11.6 Å². The zero-order chi connectivity index (χ0) is 10.7. The third-order valence-electron chi connectivity index (χ3n) is 2.78. The Morgan fingerprint density at radius 1 is 1.60 bits per heavy atom. The fourth-order valence-electron chi connectivity index (χ4n) is 1.85. The van der Waals surface area contributed by atoms with E-state index in [-0.39, 0.29) is 0 Å². The molecule has 0 aromatic carbocycles. The normalized spacial score (nSPS) is 20.7. The molecule has 0 saturated carbocycles. The van der Waals surface area contributed by atoms with Gasteiger partial charge in [0, 0.05) is 18.4 Å². The standard InChI is InChI=1S/C11H15BrN2O/c1-15-10-2-3-11(13-7-10)14-5-4-9(6-12)8-14/h2-3,7,9H,4-6,8H2,1H3. The summed E-state index contributed by atoms with van der Waals surface area (Å²) in [4.78, 5) is 6.71. The van der Waals surface area contributed by atoms with Gasteiger partial charge in [0.25, 0.3) is 0 Å². The Hall–Kier alpha value is -0.770. The van der Waals surface area contributed by atoms with Crippen LogP contribution in [0.5, 0.6) is 5.75 Å². The van der Waals surface area contributed by atoms with Crippen molar-refractivity contribution in [3.63, 3.8) is 0 Å². The third kappa shape index (κ3) is 2.43. The number of anilines is 1. The van der Waals surface area contributed by atoms with E-state index in [4.69, 9.17) is 4.74 Å². The van der Waals surface area contributed by atoms with Crippen molar-refractivity contribution in [2.45, 2.75) is 6.42 Å². The second kappa shape index (κ2) is 4.84. The van der Waals surface area contributed by atoms with Crippen LogP contribution in [0.3, 0.4) is 0 Å². The van der Waals surface area contributed by atoms with Crippen LogP contribution >= 0.6 is 15.9 Å². The second-order valence-electron chi connectivity index (χ2n) is 3.81. The van der Waals surface area contributed by atoms with Crippen LogP contribution in [0.2, 0.25) is 0 Å². The zero-order valence-electron chi connectivity index (χ0n) is 8.82. The first-order valence-corrected chi connectivity index (χ1v) is 6.26. The third-order valence-corrected chi connectivity index (χ3v) is 3.70. The number of pyridine rings is 1. The van der Waals surface area contributed by atoms with Crippen molar-refractivity contribution >= 4 is 21.7 Å². The van der Waals surface area contributed by atoms with E-state index in [1.165, 1.54) is 6.42 Å². The summed E-state index contributed by atoms with van der Waals surface area (Å²) in [6.07, 6.45) is 3.02.